The SMILES string of the molecule is CC1(C)Cc2cc(C(=O)CC(F)(F)F)ccc2O1. The zero-order valence-corrected chi connectivity index (χ0v) is 10.1. The van der Waals surface area contributed by atoms with Crippen LogP contribution in [0.25, 0.3) is 0 Å². The van der Waals surface area contributed by atoms with Crippen LogP contribution in [0.3, 0.4) is 0 Å². The highest BCUT2D eigenvalue weighted by atomic mass is 19.4. The fourth-order valence-electron chi connectivity index (χ4n) is 2.07. The molecule has 0 spiro atoms. The molecule has 0 radical (unpaired) electrons. The lowest BCUT2D eigenvalue weighted by atomic mass is 9.98. The van der Waals surface area contributed by atoms with Gasteiger partial charge in [0.2, 0.25) is 0 Å². The first-order valence-corrected chi connectivity index (χ1v) is 5.58. The first-order chi connectivity index (χ1) is 8.16. The van der Waals surface area contributed by atoms with E-state index in [0.717, 1.165) is 5.56 Å². The summed E-state index contributed by atoms with van der Waals surface area (Å²) in [6.45, 7) is 3.79. The van der Waals surface area contributed by atoms with Gasteiger partial charge >= 0.3 is 6.18 Å². The van der Waals surface area contributed by atoms with E-state index in [-0.39, 0.29) is 11.2 Å². The Labute approximate surface area is 103 Å². The predicted molar refractivity (Wildman–Crippen MR) is 59.9 cm³/mol. The van der Waals surface area contributed by atoms with Crippen LogP contribution < -0.4 is 4.74 Å². The molecule has 1 aromatic carbocycles. The van der Waals surface area contributed by atoms with Crippen molar-refractivity contribution in [1.29, 1.82) is 0 Å². The summed E-state index contributed by atoms with van der Waals surface area (Å²) >= 11 is 0. The second-order valence-corrected chi connectivity index (χ2v) is 5.08. The van der Waals surface area contributed by atoms with Gasteiger partial charge in [-0.05, 0) is 37.6 Å². The molecule has 2 rings (SSSR count). The molecule has 1 aromatic rings. The predicted octanol–water partition coefficient (Wildman–Crippen LogP) is 3.54. The van der Waals surface area contributed by atoms with E-state index in [4.69, 9.17) is 4.74 Å². The van der Waals surface area contributed by atoms with Crippen molar-refractivity contribution in [2.24, 2.45) is 0 Å². The van der Waals surface area contributed by atoms with Crippen LogP contribution in [0.2, 0.25) is 0 Å². The third-order valence-electron chi connectivity index (χ3n) is 2.75. The van der Waals surface area contributed by atoms with Gasteiger partial charge in [-0.2, -0.15) is 13.2 Å². The van der Waals surface area contributed by atoms with Crippen LogP contribution in [-0.4, -0.2) is 17.6 Å². The molecule has 1 aliphatic rings. The monoisotopic (exact) mass is 258 g/mol. The Morgan fingerprint density at radius 3 is 2.67 bits per heavy atom. The van der Waals surface area contributed by atoms with Crippen LogP contribution >= 0.6 is 0 Å². The van der Waals surface area contributed by atoms with Gasteiger partial charge in [-0.15, -0.1) is 0 Å². The number of rotatable bonds is 2. The maximum atomic E-state index is 12.1. The average molecular weight is 258 g/mol. The quantitative estimate of drug-likeness (QED) is 0.758. The zero-order chi connectivity index (χ0) is 13.6. The second-order valence-electron chi connectivity index (χ2n) is 5.08. The molecular weight excluding hydrogens is 245 g/mol. The van der Waals surface area contributed by atoms with Crippen molar-refractivity contribution in [3.05, 3.63) is 29.3 Å². The molecule has 0 aliphatic carbocycles. The summed E-state index contributed by atoms with van der Waals surface area (Å²) in [6, 6.07) is 4.44. The Bertz CT molecular complexity index is 489. The molecule has 1 heterocycles. The highest BCUT2D eigenvalue weighted by molar-refractivity contribution is 5.96. The molecule has 18 heavy (non-hydrogen) atoms. The van der Waals surface area contributed by atoms with E-state index in [9.17, 15) is 18.0 Å². The Morgan fingerprint density at radius 2 is 2.06 bits per heavy atom. The van der Waals surface area contributed by atoms with Crippen molar-refractivity contribution in [3.8, 4) is 5.75 Å². The van der Waals surface area contributed by atoms with Gasteiger partial charge in [0.25, 0.3) is 0 Å². The summed E-state index contributed by atoms with van der Waals surface area (Å²) in [5, 5.41) is 0. The topological polar surface area (TPSA) is 26.3 Å². The van der Waals surface area contributed by atoms with E-state index >= 15 is 0 Å². The summed E-state index contributed by atoms with van der Waals surface area (Å²) in [5.41, 5.74) is 0.508. The Kier molecular flexibility index (Phi) is 2.87. The van der Waals surface area contributed by atoms with Gasteiger partial charge in [0.05, 0.1) is 0 Å². The smallest absolute Gasteiger partial charge is 0.396 e. The number of fused-ring (bicyclic) bond motifs is 1. The van der Waals surface area contributed by atoms with Gasteiger partial charge in [0, 0.05) is 12.0 Å². The zero-order valence-electron chi connectivity index (χ0n) is 10.1. The van der Waals surface area contributed by atoms with Crippen molar-refractivity contribution in [1.82, 2.24) is 0 Å². The van der Waals surface area contributed by atoms with E-state index in [1.54, 1.807) is 6.07 Å². The molecular formula is C13H13F3O2. The van der Waals surface area contributed by atoms with Crippen LogP contribution in [0, 0.1) is 0 Å². The van der Waals surface area contributed by atoms with Crippen LogP contribution in [0.1, 0.15) is 36.2 Å². The summed E-state index contributed by atoms with van der Waals surface area (Å²) < 4.78 is 42.0. The van der Waals surface area contributed by atoms with E-state index in [1.165, 1.54) is 12.1 Å². The second kappa shape index (κ2) is 4.00. The lowest BCUT2D eigenvalue weighted by molar-refractivity contribution is -0.125. The van der Waals surface area contributed by atoms with Crippen molar-refractivity contribution < 1.29 is 22.7 Å². The molecule has 0 saturated heterocycles. The van der Waals surface area contributed by atoms with Crippen molar-refractivity contribution in [3.63, 3.8) is 0 Å². The molecule has 5 heteroatoms. The first kappa shape index (κ1) is 12.9. The molecule has 1 aliphatic heterocycles. The molecule has 2 nitrogen and oxygen atoms in total. The Balaban J connectivity index is 2.21. The number of Topliss-reactive ketones (excluding diaryl/α,β-unsaturated/α-hetero) is 1. The molecule has 0 fully saturated rings. The maximum Gasteiger partial charge on any atom is 0.396 e. The fraction of sp³-hybridized carbons (Fsp3) is 0.462. The number of carbonyl (C=O) groups is 1. The lowest BCUT2D eigenvalue weighted by Crippen LogP contribution is -2.24. The summed E-state index contributed by atoms with van der Waals surface area (Å²) in [7, 11) is 0. The Morgan fingerprint density at radius 1 is 1.39 bits per heavy atom. The van der Waals surface area contributed by atoms with Gasteiger partial charge < -0.3 is 4.74 Å². The summed E-state index contributed by atoms with van der Waals surface area (Å²) in [4.78, 5) is 11.5. The largest absolute Gasteiger partial charge is 0.487 e. The normalized spacial score (nSPS) is 17.2. The average Bonchev–Trinajstić information content (AvgIpc) is 2.47. The number of alkyl halides is 3. The highest BCUT2D eigenvalue weighted by Gasteiger charge is 2.33. The van der Waals surface area contributed by atoms with Crippen LogP contribution in [0.5, 0.6) is 5.75 Å². The minimum absolute atomic E-state index is 0.0902. The maximum absolute atomic E-state index is 12.1. The number of benzene rings is 1. The van der Waals surface area contributed by atoms with Crippen LogP contribution in [0.15, 0.2) is 18.2 Å². The van der Waals surface area contributed by atoms with Crippen LogP contribution in [-0.2, 0) is 6.42 Å². The minimum atomic E-state index is -4.47. The summed E-state index contributed by atoms with van der Waals surface area (Å²) in [6.07, 6.45) is -5.29. The molecule has 0 N–H and O–H groups in total. The van der Waals surface area contributed by atoms with Crippen molar-refractivity contribution in [2.45, 2.75) is 38.5 Å². The number of ketones is 1. The molecule has 0 amide bonds. The van der Waals surface area contributed by atoms with Crippen LogP contribution in [0.4, 0.5) is 13.2 Å². The third kappa shape index (κ3) is 2.83. The molecule has 98 valence electrons. The molecule has 0 atom stereocenters. The number of hydrogen-bond acceptors (Lipinski definition) is 2. The number of halogens is 3. The highest BCUT2D eigenvalue weighted by Crippen LogP contribution is 2.35. The van der Waals surface area contributed by atoms with E-state index in [1.807, 2.05) is 13.8 Å². The minimum Gasteiger partial charge on any atom is -0.487 e. The van der Waals surface area contributed by atoms with Crippen molar-refractivity contribution >= 4 is 5.78 Å². The van der Waals surface area contributed by atoms with Gasteiger partial charge in [0.15, 0.2) is 5.78 Å². The van der Waals surface area contributed by atoms with Gasteiger partial charge in [-0.25, -0.2) is 0 Å². The van der Waals surface area contributed by atoms with Gasteiger partial charge in [-0.1, -0.05) is 0 Å². The number of carbonyl (C=O) groups excluding carboxylic acids is 1. The number of hydrogen-bond donors (Lipinski definition) is 0. The molecule has 0 aromatic heterocycles. The standard InChI is InChI=1S/C13H13F3O2/c1-12(2)6-9-5-8(3-4-11(9)18-12)10(17)7-13(14,15)16/h3-5H,6-7H2,1-2H3. The first-order valence-electron chi connectivity index (χ1n) is 5.58. The Hall–Kier alpha value is -1.52. The summed E-state index contributed by atoms with van der Waals surface area (Å²) in [5.74, 6) is -0.265. The molecule has 0 bridgehead atoms. The lowest BCUT2D eigenvalue weighted by Gasteiger charge is -2.16. The molecule has 0 saturated carbocycles. The molecule has 0 unspecified atom stereocenters. The number of ether oxygens (including phenoxy) is 1. The van der Waals surface area contributed by atoms with Gasteiger partial charge in [-0.3, -0.25) is 4.79 Å². The van der Waals surface area contributed by atoms with Crippen molar-refractivity contribution in [2.75, 3.05) is 0 Å². The fourth-order valence-corrected chi connectivity index (χ4v) is 2.07. The van der Waals surface area contributed by atoms with Gasteiger partial charge in [0.1, 0.15) is 17.8 Å². The van der Waals surface area contributed by atoms with E-state index in [2.05, 4.69) is 0 Å². The third-order valence-corrected chi connectivity index (χ3v) is 2.75. The van der Waals surface area contributed by atoms with E-state index in [0.29, 0.717) is 12.2 Å². The van der Waals surface area contributed by atoms with E-state index < -0.39 is 18.4 Å².